The molecule has 0 fully saturated rings. The monoisotopic (exact) mass is 326 g/mol. The van der Waals surface area contributed by atoms with E-state index in [4.69, 9.17) is 0 Å². The van der Waals surface area contributed by atoms with E-state index in [-0.39, 0.29) is 0 Å². The second kappa shape index (κ2) is 17.7. The molecule has 0 unspecified atom stereocenters. The Morgan fingerprint density at radius 3 is 2.26 bits per heavy atom. The molecule has 0 saturated carbocycles. The van der Waals surface area contributed by atoms with Crippen molar-refractivity contribution in [1.29, 1.82) is 0 Å². The van der Waals surface area contributed by atoms with Crippen LogP contribution in [0.1, 0.15) is 77.6 Å². The molecule has 0 aliphatic rings. The van der Waals surface area contributed by atoms with Gasteiger partial charge in [-0.05, 0) is 50.7 Å². The van der Waals surface area contributed by atoms with Gasteiger partial charge in [0.05, 0.1) is 0 Å². The van der Waals surface area contributed by atoms with E-state index in [9.17, 15) is 0 Å². The summed E-state index contributed by atoms with van der Waals surface area (Å²) < 4.78 is 0. The lowest BCUT2D eigenvalue weighted by molar-refractivity contribution is 0.613. The molecule has 0 aromatic carbocycles. The first kappa shape index (κ1) is 18.7. The second-order valence-corrected chi connectivity index (χ2v) is 5.82. The van der Waals surface area contributed by atoms with Crippen LogP contribution in [0.5, 0.6) is 0 Å². The van der Waals surface area contributed by atoms with Crippen molar-refractivity contribution in [1.82, 2.24) is 0 Å². The smallest absolute Gasteiger partial charge is 0.00313 e. The van der Waals surface area contributed by atoms with Crippen LogP contribution < -0.4 is 0 Å². The van der Waals surface area contributed by atoms with Gasteiger partial charge in [-0.3, -0.25) is 0 Å². The van der Waals surface area contributed by atoms with E-state index < -0.39 is 0 Å². The van der Waals surface area contributed by atoms with Crippen LogP contribution in [0, 0.1) is 0 Å². The fraction of sp³-hybridized carbons (Fsp3) is 0.722. The van der Waals surface area contributed by atoms with E-state index in [1.54, 1.807) is 0 Å². The molecule has 0 N–H and O–H groups in total. The van der Waals surface area contributed by atoms with Crippen LogP contribution in [0.4, 0.5) is 0 Å². The third-order valence-electron chi connectivity index (χ3n) is 3.11. The topological polar surface area (TPSA) is 0 Å². The van der Waals surface area contributed by atoms with Gasteiger partial charge in [-0.15, -0.1) is 5.73 Å². The Kier molecular flexibility index (Phi) is 17.5. The summed E-state index contributed by atoms with van der Waals surface area (Å²) >= 11 is 3.47. The molecule has 0 radical (unpaired) electrons. The van der Waals surface area contributed by atoms with Gasteiger partial charge in [0.1, 0.15) is 0 Å². The highest BCUT2D eigenvalue weighted by Crippen LogP contribution is 2.08. The van der Waals surface area contributed by atoms with Gasteiger partial charge in [-0.25, -0.2) is 0 Å². The molecule has 0 amide bonds. The third kappa shape index (κ3) is 17.7. The molecule has 0 rings (SSSR count). The molecule has 0 aliphatic heterocycles. The zero-order valence-corrected chi connectivity index (χ0v) is 14.3. The molecule has 0 spiro atoms. The van der Waals surface area contributed by atoms with Crippen molar-refractivity contribution < 1.29 is 0 Å². The van der Waals surface area contributed by atoms with E-state index in [1.165, 1.54) is 64.2 Å². The van der Waals surface area contributed by atoms with Crippen molar-refractivity contribution in [2.45, 2.75) is 77.6 Å². The van der Waals surface area contributed by atoms with Crippen molar-refractivity contribution in [3.8, 4) is 0 Å². The highest BCUT2D eigenvalue weighted by molar-refractivity contribution is 9.09. The molecule has 0 atom stereocenters. The maximum atomic E-state index is 3.47. The Morgan fingerprint density at radius 2 is 1.53 bits per heavy atom. The lowest BCUT2D eigenvalue weighted by Gasteiger charge is -1.98. The van der Waals surface area contributed by atoms with Gasteiger partial charge >= 0.3 is 0 Å². The number of unbranched alkanes of at least 4 members (excludes halogenated alkanes) is 8. The zero-order valence-electron chi connectivity index (χ0n) is 12.7. The number of hydrogen-bond donors (Lipinski definition) is 0. The van der Waals surface area contributed by atoms with Crippen LogP contribution in [0.25, 0.3) is 0 Å². The van der Waals surface area contributed by atoms with Crippen molar-refractivity contribution in [3.05, 3.63) is 30.0 Å². The Labute approximate surface area is 129 Å². The number of hydrogen-bond acceptors (Lipinski definition) is 0. The van der Waals surface area contributed by atoms with Crippen LogP contribution >= 0.6 is 15.9 Å². The lowest BCUT2D eigenvalue weighted by atomic mass is 10.1. The van der Waals surface area contributed by atoms with Crippen molar-refractivity contribution in [2.75, 3.05) is 5.33 Å². The number of rotatable bonds is 13. The number of allylic oxidation sites excluding steroid dienone is 3. The number of halogens is 1. The average Bonchev–Trinajstić information content (AvgIpc) is 2.43. The molecule has 0 heterocycles. The standard InChI is InChI=1S/C18H31Br/c1-2-3-4-5-6-7-8-9-10-11-12-13-14-15-16-17-18-19/h5,7,9-10H,2-4,8,11-18H2,1H3/b10-9+. The van der Waals surface area contributed by atoms with Crippen molar-refractivity contribution >= 4 is 15.9 Å². The van der Waals surface area contributed by atoms with E-state index in [0.29, 0.717) is 0 Å². The summed E-state index contributed by atoms with van der Waals surface area (Å²) in [7, 11) is 0. The minimum atomic E-state index is 1.04. The summed E-state index contributed by atoms with van der Waals surface area (Å²) in [4.78, 5) is 0. The molecule has 0 nitrogen and oxygen atoms in total. The van der Waals surface area contributed by atoms with E-state index in [0.717, 1.165) is 11.8 Å². The molecule has 19 heavy (non-hydrogen) atoms. The first-order valence-electron chi connectivity index (χ1n) is 8.02. The first-order chi connectivity index (χ1) is 9.41. The fourth-order valence-corrected chi connectivity index (χ4v) is 2.28. The minimum absolute atomic E-state index is 1.04. The van der Waals surface area contributed by atoms with Gasteiger partial charge in [0, 0.05) is 5.33 Å². The fourth-order valence-electron chi connectivity index (χ4n) is 1.89. The van der Waals surface area contributed by atoms with E-state index in [2.05, 4.69) is 52.9 Å². The van der Waals surface area contributed by atoms with Gasteiger partial charge in [0.15, 0.2) is 0 Å². The summed E-state index contributed by atoms with van der Waals surface area (Å²) in [6, 6.07) is 0. The summed E-state index contributed by atoms with van der Waals surface area (Å²) in [5, 5.41) is 1.16. The molecule has 110 valence electrons. The molecular formula is C18H31Br. The average molecular weight is 327 g/mol. The van der Waals surface area contributed by atoms with Crippen LogP contribution in [0.15, 0.2) is 30.0 Å². The van der Waals surface area contributed by atoms with Crippen molar-refractivity contribution in [3.63, 3.8) is 0 Å². The normalized spacial score (nSPS) is 10.6. The largest absolute Gasteiger partial charge is 0.129 e. The molecule has 0 aromatic rings. The van der Waals surface area contributed by atoms with Gasteiger partial charge in [0.25, 0.3) is 0 Å². The first-order valence-corrected chi connectivity index (χ1v) is 9.14. The van der Waals surface area contributed by atoms with Crippen LogP contribution in [0.2, 0.25) is 0 Å². The highest BCUT2D eigenvalue weighted by atomic mass is 79.9. The quantitative estimate of drug-likeness (QED) is 0.148. The van der Waals surface area contributed by atoms with Gasteiger partial charge < -0.3 is 0 Å². The molecule has 0 bridgehead atoms. The Hall–Kier alpha value is -0.260. The molecule has 1 heteroatoms. The lowest BCUT2D eigenvalue weighted by Crippen LogP contribution is -1.80. The van der Waals surface area contributed by atoms with E-state index in [1.807, 2.05) is 0 Å². The highest BCUT2D eigenvalue weighted by Gasteiger charge is 1.89. The second-order valence-electron chi connectivity index (χ2n) is 5.02. The summed E-state index contributed by atoms with van der Waals surface area (Å²) in [6.07, 6.45) is 23.1. The Bertz CT molecular complexity index is 246. The Balaban J connectivity index is 3.23. The predicted molar refractivity (Wildman–Crippen MR) is 92.0 cm³/mol. The third-order valence-corrected chi connectivity index (χ3v) is 3.67. The number of alkyl halides is 1. The maximum Gasteiger partial charge on any atom is 0.00313 e. The molecule has 0 aliphatic carbocycles. The predicted octanol–water partition coefficient (Wildman–Crippen LogP) is 6.96. The van der Waals surface area contributed by atoms with Crippen molar-refractivity contribution in [2.24, 2.45) is 0 Å². The summed E-state index contributed by atoms with van der Waals surface area (Å²) in [5.74, 6) is 0. The van der Waals surface area contributed by atoms with Gasteiger partial charge in [-0.1, -0.05) is 67.1 Å². The Morgan fingerprint density at radius 1 is 0.789 bits per heavy atom. The minimum Gasteiger partial charge on any atom is -0.129 e. The zero-order chi connectivity index (χ0) is 14.0. The SMILES string of the molecule is CCCCC=C=CC/C=C/CCCCCCCCBr. The van der Waals surface area contributed by atoms with Crippen LogP contribution in [-0.4, -0.2) is 5.33 Å². The molecule has 0 saturated heterocycles. The van der Waals surface area contributed by atoms with E-state index >= 15 is 0 Å². The summed E-state index contributed by atoms with van der Waals surface area (Å²) in [5.41, 5.74) is 3.25. The van der Waals surface area contributed by atoms with Gasteiger partial charge in [0.2, 0.25) is 0 Å². The molecule has 0 aromatic heterocycles. The molecular weight excluding hydrogens is 296 g/mol. The van der Waals surface area contributed by atoms with Crippen LogP contribution in [-0.2, 0) is 0 Å². The summed E-state index contributed by atoms with van der Waals surface area (Å²) in [6.45, 7) is 2.22. The van der Waals surface area contributed by atoms with Crippen LogP contribution in [0.3, 0.4) is 0 Å². The van der Waals surface area contributed by atoms with Gasteiger partial charge in [-0.2, -0.15) is 0 Å². The maximum absolute atomic E-state index is 3.47.